The van der Waals surface area contributed by atoms with Gasteiger partial charge in [-0.15, -0.1) is 5.10 Å². The van der Waals surface area contributed by atoms with Gasteiger partial charge in [-0.25, -0.2) is 9.48 Å². The van der Waals surface area contributed by atoms with Crippen LogP contribution in [0.4, 0.5) is 0 Å². The maximum absolute atomic E-state index is 14.6. The standard InChI is InChI=1S/C44H77N7O7SSi3/c1-11-60(12-2,13-3)56-37-30-44(43(53)54-10,59-35-28-24-21-25-29-35)55-42(40(37)47-39(52)33-51-32-36(48-50-51)34-26-22-20-23-27-34)41(58-62(17-7,18-8)19-9)38(31-46-49-45)57-61(14-4,15-5)16-6/h21,24-25,28-29,32,34,37-38,40-42H,11-20,22-23,26-27,30-31,33H2,1-10H3,(H,47,52)/t37-,38+,40+,41+,42+,44?/m0/s1. The Balaban J connectivity index is 2.00. The molecule has 1 saturated carbocycles. The Kier molecular flexibility index (Phi) is 20.7. The third-order valence-corrected chi connectivity index (χ3v) is 29.5. The lowest BCUT2D eigenvalue weighted by Gasteiger charge is -2.53. The van der Waals surface area contributed by atoms with Gasteiger partial charge in [0.25, 0.3) is 0 Å². The summed E-state index contributed by atoms with van der Waals surface area (Å²) in [5.74, 6) is -0.500. The van der Waals surface area contributed by atoms with Crippen LogP contribution in [0.5, 0.6) is 0 Å². The number of hydrogen-bond acceptors (Lipinski definition) is 11. The fourth-order valence-electron chi connectivity index (χ4n) is 9.54. The van der Waals surface area contributed by atoms with Gasteiger partial charge in [0.05, 0.1) is 43.7 Å². The van der Waals surface area contributed by atoms with Gasteiger partial charge in [0.15, 0.2) is 25.0 Å². The summed E-state index contributed by atoms with van der Waals surface area (Å²) >= 11 is 1.29. The topological polar surface area (TPSA) is 172 Å². The second-order valence-corrected chi connectivity index (χ2v) is 32.8. The van der Waals surface area contributed by atoms with E-state index in [1.807, 2.05) is 36.5 Å². The molecule has 6 atom stereocenters. The van der Waals surface area contributed by atoms with Gasteiger partial charge < -0.3 is 28.1 Å². The van der Waals surface area contributed by atoms with E-state index in [2.05, 4.69) is 88.0 Å². The molecular formula is C44H77N7O7SSi3. The Morgan fingerprint density at radius 2 is 1.48 bits per heavy atom. The van der Waals surface area contributed by atoms with Crippen molar-refractivity contribution in [3.63, 3.8) is 0 Å². The molecule has 2 fully saturated rings. The van der Waals surface area contributed by atoms with Crippen LogP contribution in [0.1, 0.15) is 112 Å². The molecule has 2 heterocycles. The van der Waals surface area contributed by atoms with E-state index in [4.69, 9.17) is 22.8 Å². The van der Waals surface area contributed by atoms with E-state index in [1.54, 1.807) is 4.68 Å². The molecule has 0 bridgehead atoms. The van der Waals surface area contributed by atoms with Crippen molar-refractivity contribution in [3.05, 3.63) is 52.7 Å². The number of nitrogens with zero attached hydrogens (tertiary/aromatic N) is 6. The van der Waals surface area contributed by atoms with Gasteiger partial charge in [-0.05, 0) is 84.9 Å². The number of azide groups is 1. The van der Waals surface area contributed by atoms with Gasteiger partial charge in [-0.1, -0.05) is 122 Å². The molecule has 1 saturated heterocycles. The Labute approximate surface area is 379 Å². The van der Waals surface area contributed by atoms with E-state index in [0.717, 1.165) is 77.8 Å². The van der Waals surface area contributed by atoms with Crippen LogP contribution in [0.2, 0.25) is 54.4 Å². The predicted octanol–water partition coefficient (Wildman–Crippen LogP) is 10.7. The Hall–Kier alpha value is -2.55. The molecular weight excluding hydrogens is 855 g/mol. The van der Waals surface area contributed by atoms with Crippen molar-refractivity contribution < 1.29 is 32.3 Å². The summed E-state index contributed by atoms with van der Waals surface area (Å²) in [6, 6.07) is 16.5. The first-order valence-corrected chi connectivity index (χ1v) is 32.0. The minimum Gasteiger partial charge on any atom is -0.466 e. The van der Waals surface area contributed by atoms with Crippen molar-refractivity contribution in [2.24, 2.45) is 5.11 Å². The highest BCUT2D eigenvalue weighted by atomic mass is 32.2. The number of hydrogen-bond donors (Lipinski definition) is 1. The molecule has 1 aliphatic heterocycles. The van der Waals surface area contributed by atoms with Crippen LogP contribution >= 0.6 is 11.8 Å². The molecule has 1 N–H and O–H groups in total. The lowest BCUT2D eigenvalue weighted by atomic mass is 9.87. The van der Waals surface area contributed by atoms with Crippen molar-refractivity contribution in [1.29, 1.82) is 0 Å². The fraction of sp³-hybridized carbons (Fsp3) is 0.773. The van der Waals surface area contributed by atoms with Gasteiger partial charge in [0.2, 0.25) is 10.8 Å². The number of amides is 1. The monoisotopic (exact) mass is 931 g/mol. The lowest BCUT2D eigenvalue weighted by Crippen LogP contribution is -2.70. The molecule has 348 valence electrons. The Bertz CT molecular complexity index is 1700. The molecule has 1 aromatic carbocycles. The highest BCUT2D eigenvalue weighted by Crippen LogP contribution is 2.48. The molecule has 2 aliphatic rings. The summed E-state index contributed by atoms with van der Waals surface area (Å²) in [6.07, 6.45) is 4.44. The minimum absolute atomic E-state index is 0.0128. The average molecular weight is 932 g/mol. The second-order valence-electron chi connectivity index (χ2n) is 17.3. The summed E-state index contributed by atoms with van der Waals surface area (Å²) in [5.41, 5.74) is 10.8. The largest absolute Gasteiger partial charge is 0.466 e. The van der Waals surface area contributed by atoms with Crippen LogP contribution < -0.4 is 5.32 Å². The fourth-order valence-corrected chi connectivity index (χ4v) is 19.4. The van der Waals surface area contributed by atoms with E-state index >= 15 is 0 Å². The summed E-state index contributed by atoms with van der Waals surface area (Å²) in [5, 5.41) is 16.5. The van der Waals surface area contributed by atoms with E-state index < -0.39 is 66.3 Å². The summed E-state index contributed by atoms with van der Waals surface area (Å²) in [4.78, 5) is 31.7. The maximum Gasteiger partial charge on any atom is 0.349 e. The molecule has 2 aromatic rings. The third-order valence-electron chi connectivity index (χ3n) is 14.3. The SMILES string of the molecule is CC[Si](CC)(CC)O[C@@H]([C@@H]1OC(Sc2ccccc2)(C(=O)OC)C[C@H](O[Si](CC)(CC)CC)[C@H]1NC(=O)Cn1cc(C2CCCCC2)nn1)[C@@H](CN=[N+]=[N-])O[Si](CC)(CC)CC. The maximum atomic E-state index is 14.6. The van der Waals surface area contributed by atoms with E-state index in [0.29, 0.717) is 5.92 Å². The first kappa shape index (κ1) is 52.1. The first-order valence-electron chi connectivity index (χ1n) is 23.6. The number of nitrogens with one attached hydrogen (secondary N) is 1. The average Bonchev–Trinajstić information content (AvgIpc) is 3.78. The molecule has 0 spiro atoms. The Morgan fingerprint density at radius 1 is 0.903 bits per heavy atom. The van der Waals surface area contributed by atoms with Crippen molar-refractivity contribution in [2.75, 3.05) is 13.7 Å². The van der Waals surface area contributed by atoms with Crippen molar-refractivity contribution in [1.82, 2.24) is 20.3 Å². The molecule has 18 heteroatoms. The van der Waals surface area contributed by atoms with Gasteiger partial charge in [0.1, 0.15) is 12.6 Å². The quantitative estimate of drug-likeness (QED) is 0.0315. The van der Waals surface area contributed by atoms with Gasteiger partial charge in [-0.3, -0.25) is 4.79 Å². The number of esters is 1. The highest BCUT2D eigenvalue weighted by molar-refractivity contribution is 8.01. The number of carbonyl (C=O) groups is 2. The first-order chi connectivity index (χ1) is 29.9. The molecule has 1 aromatic heterocycles. The number of methoxy groups -OCH3 is 1. The van der Waals surface area contributed by atoms with Crippen molar-refractivity contribution in [2.45, 2.75) is 208 Å². The second kappa shape index (κ2) is 24.7. The molecule has 1 amide bonds. The highest BCUT2D eigenvalue weighted by Gasteiger charge is 2.59. The van der Waals surface area contributed by atoms with Gasteiger partial charge in [0, 0.05) is 28.3 Å². The zero-order valence-corrected chi connectivity index (χ0v) is 43.2. The van der Waals surface area contributed by atoms with Crippen LogP contribution in [-0.2, 0) is 38.9 Å². The number of ether oxygens (including phenoxy) is 2. The van der Waals surface area contributed by atoms with Gasteiger partial charge in [-0.2, -0.15) is 0 Å². The van der Waals surface area contributed by atoms with Crippen LogP contribution in [0.25, 0.3) is 10.4 Å². The molecule has 1 aliphatic carbocycles. The van der Waals surface area contributed by atoms with Crippen LogP contribution in [-0.4, -0.2) is 101 Å². The van der Waals surface area contributed by atoms with Gasteiger partial charge >= 0.3 is 5.97 Å². The molecule has 1 unspecified atom stereocenters. The molecule has 62 heavy (non-hydrogen) atoms. The number of rotatable bonds is 26. The predicted molar refractivity (Wildman–Crippen MR) is 255 cm³/mol. The molecule has 4 rings (SSSR count). The van der Waals surface area contributed by atoms with E-state index in [-0.39, 0.29) is 25.4 Å². The molecule has 14 nitrogen and oxygen atoms in total. The van der Waals surface area contributed by atoms with Crippen LogP contribution in [0.3, 0.4) is 0 Å². The summed E-state index contributed by atoms with van der Waals surface area (Å²) < 4.78 is 37.2. The van der Waals surface area contributed by atoms with Crippen LogP contribution in [0.15, 0.2) is 46.5 Å². The van der Waals surface area contributed by atoms with E-state index in [9.17, 15) is 15.1 Å². The van der Waals surface area contributed by atoms with Crippen LogP contribution in [0, 0.1) is 0 Å². The smallest absolute Gasteiger partial charge is 0.349 e. The van der Waals surface area contributed by atoms with E-state index in [1.165, 1.54) is 38.1 Å². The molecule has 0 radical (unpaired) electrons. The zero-order valence-electron chi connectivity index (χ0n) is 39.4. The Morgan fingerprint density at radius 3 is 2.03 bits per heavy atom. The van der Waals surface area contributed by atoms with Crippen molar-refractivity contribution in [3.8, 4) is 0 Å². The number of benzene rings is 1. The number of thioether (sulfide) groups is 1. The minimum atomic E-state index is -2.53. The zero-order chi connectivity index (χ0) is 45.4. The number of carbonyl (C=O) groups excluding carboxylic acids is 2. The number of aromatic nitrogens is 3. The third kappa shape index (κ3) is 12.8. The lowest BCUT2D eigenvalue weighted by molar-refractivity contribution is -0.200. The summed E-state index contributed by atoms with van der Waals surface area (Å²) in [7, 11) is -6.00. The summed E-state index contributed by atoms with van der Waals surface area (Å²) in [6.45, 7) is 19.5. The normalized spacial score (nSPS) is 22.4. The van der Waals surface area contributed by atoms with Crippen molar-refractivity contribution >= 4 is 48.6 Å².